The van der Waals surface area contributed by atoms with Gasteiger partial charge in [-0.25, -0.2) is 15.0 Å². The highest BCUT2D eigenvalue weighted by molar-refractivity contribution is 6.67. The first-order chi connectivity index (χ1) is 15.1. The highest BCUT2D eigenvalue weighted by Crippen LogP contribution is 2.40. The van der Waals surface area contributed by atoms with Gasteiger partial charge >= 0.3 is 0 Å². The molecule has 4 nitrogen and oxygen atoms in total. The molecule has 0 unspecified atom stereocenters. The van der Waals surface area contributed by atoms with Crippen LogP contribution in [0.2, 0.25) is 0 Å². The van der Waals surface area contributed by atoms with E-state index in [0.29, 0.717) is 12.4 Å². The third-order valence-corrected chi connectivity index (χ3v) is 5.33. The number of aryl methyl sites for hydroxylation is 1. The Kier molecular flexibility index (Phi) is 8.53. The lowest BCUT2D eigenvalue weighted by atomic mass is 10.1. The van der Waals surface area contributed by atoms with Crippen LogP contribution >= 0.6 is 69.6 Å². The van der Waals surface area contributed by atoms with Crippen LogP contribution < -0.4 is 4.74 Å². The Labute approximate surface area is 216 Å². The molecule has 3 rings (SSSR count). The zero-order chi connectivity index (χ0) is 23.4. The highest BCUT2D eigenvalue weighted by atomic mass is 35.6. The predicted octanol–water partition coefficient (Wildman–Crippen LogP) is 7.84. The van der Waals surface area contributed by atoms with Crippen molar-refractivity contribution in [3.05, 3.63) is 82.7 Å². The number of aromatic nitrogens is 3. The first-order valence-electron chi connectivity index (χ1n) is 9.44. The topological polar surface area (TPSA) is 47.9 Å². The van der Waals surface area contributed by atoms with Crippen molar-refractivity contribution >= 4 is 81.8 Å². The third kappa shape index (κ3) is 7.11. The summed E-state index contributed by atoms with van der Waals surface area (Å²) in [6, 6.07) is 15.8. The minimum atomic E-state index is -1.91. The molecule has 1 aromatic heterocycles. The first-order valence-corrected chi connectivity index (χ1v) is 11.7. The summed E-state index contributed by atoms with van der Waals surface area (Å²) in [6.07, 6.45) is 4.35. The largest absolute Gasteiger partial charge is 0.488 e. The van der Waals surface area contributed by atoms with Crippen LogP contribution in [0.3, 0.4) is 0 Å². The molecule has 0 bridgehead atoms. The van der Waals surface area contributed by atoms with E-state index in [4.69, 9.17) is 74.3 Å². The Bertz CT molecular complexity index is 1060. The Morgan fingerprint density at radius 3 is 1.88 bits per heavy atom. The molecular formula is C22H17Cl6N3O. The molecule has 0 saturated carbocycles. The first kappa shape index (κ1) is 25.4. The summed E-state index contributed by atoms with van der Waals surface area (Å²) < 4.78 is 2.19. The highest BCUT2D eigenvalue weighted by Gasteiger charge is 2.33. The molecular weight excluding hydrogens is 535 g/mol. The molecule has 32 heavy (non-hydrogen) atoms. The van der Waals surface area contributed by atoms with E-state index in [2.05, 4.69) is 46.1 Å². The minimum absolute atomic E-state index is 0.154. The van der Waals surface area contributed by atoms with Crippen LogP contribution in [0.15, 0.2) is 48.5 Å². The van der Waals surface area contributed by atoms with Gasteiger partial charge in [-0.05, 0) is 35.8 Å². The minimum Gasteiger partial charge on any atom is -0.488 e. The molecule has 168 valence electrons. The van der Waals surface area contributed by atoms with E-state index in [0.717, 1.165) is 17.5 Å². The van der Waals surface area contributed by atoms with E-state index in [-0.39, 0.29) is 17.5 Å². The third-order valence-electron chi connectivity index (χ3n) is 4.32. The van der Waals surface area contributed by atoms with Crippen LogP contribution in [-0.2, 0) is 20.6 Å². The maximum atomic E-state index is 6.01. The van der Waals surface area contributed by atoms with Crippen LogP contribution in [0.25, 0.3) is 12.2 Å². The van der Waals surface area contributed by atoms with Gasteiger partial charge in [0.25, 0.3) is 0 Å². The molecule has 0 aliphatic heterocycles. The number of hydrogen-bond acceptors (Lipinski definition) is 4. The van der Waals surface area contributed by atoms with Gasteiger partial charge in [0.05, 0.1) is 0 Å². The normalized spacial score (nSPS) is 12.3. The second-order valence-electron chi connectivity index (χ2n) is 6.67. The van der Waals surface area contributed by atoms with Crippen LogP contribution in [0.1, 0.15) is 41.1 Å². The van der Waals surface area contributed by atoms with Crippen LogP contribution in [0.4, 0.5) is 0 Å². The molecule has 3 aromatic rings. The number of halogens is 6. The molecule has 0 amide bonds. The molecule has 10 heteroatoms. The number of rotatable bonds is 6. The molecule has 0 fully saturated rings. The Hall–Kier alpha value is -1.27. The smallest absolute Gasteiger partial charge is 0.250 e. The number of ether oxygens (including phenoxy) is 1. The summed E-state index contributed by atoms with van der Waals surface area (Å²) in [7, 11) is 0. The van der Waals surface area contributed by atoms with Gasteiger partial charge in [0.1, 0.15) is 12.4 Å². The van der Waals surface area contributed by atoms with Gasteiger partial charge < -0.3 is 4.74 Å². The molecule has 0 N–H and O–H groups in total. The fourth-order valence-corrected chi connectivity index (χ4v) is 3.17. The monoisotopic (exact) mass is 549 g/mol. The zero-order valence-electron chi connectivity index (χ0n) is 16.7. The fourth-order valence-electron chi connectivity index (χ4n) is 2.67. The Balaban J connectivity index is 1.85. The maximum Gasteiger partial charge on any atom is 0.250 e. The lowest BCUT2D eigenvalue weighted by Crippen LogP contribution is -2.16. The molecule has 0 spiro atoms. The molecule has 0 aliphatic rings. The number of nitrogens with zero attached hydrogens (tertiary/aromatic N) is 3. The Morgan fingerprint density at radius 2 is 1.31 bits per heavy atom. The number of para-hydroxylation sites is 1. The molecule has 0 aliphatic carbocycles. The van der Waals surface area contributed by atoms with E-state index in [1.165, 1.54) is 5.56 Å². The predicted molar refractivity (Wildman–Crippen MR) is 134 cm³/mol. The van der Waals surface area contributed by atoms with Gasteiger partial charge in [0.15, 0.2) is 17.5 Å². The average Bonchev–Trinajstić information content (AvgIpc) is 2.75. The van der Waals surface area contributed by atoms with Gasteiger partial charge in [0, 0.05) is 5.56 Å². The maximum absolute atomic E-state index is 6.01. The van der Waals surface area contributed by atoms with Gasteiger partial charge in [0.2, 0.25) is 7.59 Å². The SMILES string of the molecule is CCc1ccc(COc2ccccc2/C=C/c2nc(C(Cl)(Cl)Cl)nc(C(Cl)(Cl)Cl)n2)cc1. The van der Waals surface area contributed by atoms with E-state index >= 15 is 0 Å². The molecule has 0 atom stereocenters. The fraction of sp³-hybridized carbons (Fsp3) is 0.227. The lowest BCUT2D eigenvalue weighted by molar-refractivity contribution is 0.305. The van der Waals surface area contributed by atoms with E-state index in [9.17, 15) is 0 Å². The summed E-state index contributed by atoms with van der Waals surface area (Å²) in [5.74, 6) is 0.533. The zero-order valence-corrected chi connectivity index (χ0v) is 21.2. The second kappa shape index (κ2) is 10.8. The Morgan fingerprint density at radius 1 is 0.750 bits per heavy atom. The van der Waals surface area contributed by atoms with Gasteiger partial charge in [-0.3, -0.25) is 0 Å². The van der Waals surface area contributed by atoms with Crippen molar-refractivity contribution in [1.82, 2.24) is 15.0 Å². The van der Waals surface area contributed by atoms with Crippen molar-refractivity contribution in [2.75, 3.05) is 0 Å². The van der Waals surface area contributed by atoms with E-state index in [1.54, 1.807) is 12.2 Å². The molecule has 0 saturated heterocycles. The van der Waals surface area contributed by atoms with E-state index in [1.807, 2.05) is 24.3 Å². The summed E-state index contributed by atoms with van der Waals surface area (Å²) in [5.41, 5.74) is 3.14. The number of hydrogen-bond donors (Lipinski definition) is 0. The van der Waals surface area contributed by atoms with Gasteiger partial charge in [-0.1, -0.05) is 119 Å². The van der Waals surface area contributed by atoms with Crippen molar-refractivity contribution in [2.45, 2.75) is 27.5 Å². The summed E-state index contributed by atoms with van der Waals surface area (Å²) in [5, 5.41) is 0. The van der Waals surface area contributed by atoms with Crippen molar-refractivity contribution in [1.29, 1.82) is 0 Å². The number of alkyl halides is 6. The molecule has 2 aromatic carbocycles. The van der Waals surface area contributed by atoms with Crippen molar-refractivity contribution in [3.63, 3.8) is 0 Å². The summed E-state index contributed by atoms with van der Waals surface area (Å²) in [6.45, 7) is 2.54. The quantitative estimate of drug-likeness (QED) is 0.293. The van der Waals surface area contributed by atoms with Crippen LogP contribution in [-0.4, -0.2) is 15.0 Å². The average molecular weight is 552 g/mol. The summed E-state index contributed by atoms with van der Waals surface area (Å²) in [4.78, 5) is 12.3. The molecule has 0 radical (unpaired) electrons. The standard InChI is InChI=1S/C22H17Cl6N3O/c1-2-14-7-9-15(10-8-14)13-32-17-6-4-3-5-16(17)11-12-18-29-19(21(23,24)25)31-20(30-18)22(26,27)28/h3-12H,2,13H2,1H3/b12-11+. The van der Waals surface area contributed by atoms with Crippen molar-refractivity contribution in [2.24, 2.45) is 0 Å². The van der Waals surface area contributed by atoms with Gasteiger partial charge in [-0.15, -0.1) is 0 Å². The summed E-state index contributed by atoms with van der Waals surface area (Å²) >= 11 is 35.5. The van der Waals surface area contributed by atoms with Crippen molar-refractivity contribution in [3.8, 4) is 5.75 Å². The second-order valence-corrected chi connectivity index (χ2v) is 11.2. The van der Waals surface area contributed by atoms with Gasteiger partial charge in [-0.2, -0.15) is 0 Å². The van der Waals surface area contributed by atoms with E-state index < -0.39 is 7.59 Å². The van der Waals surface area contributed by atoms with Crippen LogP contribution in [0.5, 0.6) is 5.75 Å². The van der Waals surface area contributed by atoms with Crippen LogP contribution in [0, 0.1) is 0 Å². The number of benzene rings is 2. The molecule has 1 heterocycles. The van der Waals surface area contributed by atoms with Crippen molar-refractivity contribution < 1.29 is 4.74 Å². The lowest BCUT2D eigenvalue weighted by Gasteiger charge is -2.14.